The van der Waals surface area contributed by atoms with Gasteiger partial charge < -0.3 is 14.9 Å². The van der Waals surface area contributed by atoms with Gasteiger partial charge in [-0.2, -0.15) is 0 Å². The zero-order valence-electron chi connectivity index (χ0n) is 9.15. The third-order valence-corrected chi connectivity index (χ3v) is 3.06. The normalized spacial score (nSPS) is 12.9. The molecule has 1 aromatic heterocycles. The van der Waals surface area contributed by atoms with E-state index in [2.05, 4.69) is 0 Å². The number of nitrogens with two attached hydrogens (primary N) is 1. The van der Waals surface area contributed by atoms with Gasteiger partial charge in [0.05, 0.1) is 11.8 Å². The lowest BCUT2D eigenvalue weighted by atomic mass is 10.1. The molecule has 1 unspecified atom stereocenters. The molecule has 1 atom stereocenters. The molecule has 0 radical (unpaired) electrons. The fourth-order valence-corrected chi connectivity index (χ4v) is 2.32. The molecule has 16 heavy (non-hydrogen) atoms. The zero-order chi connectivity index (χ0) is 11.7. The predicted molar refractivity (Wildman–Crippen MR) is 64.3 cm³/mol. The van der Waals surface area contributed by atoms with E-state index in [4.69, 9.17) is 14.9 Å². The van der Waals surface area contributed by atoms with Crippen molar-refractivity contribution >= 4 is 21.6 Å². The highest BCUT2D eigenvalue weighted by atomic mass is 32.1. The molecular formula is C11H13NO3S. The molecule has 5 heteroatoms. The van der Waals surface area contributed by atoms with Crippen LogP contribution in [0.15, 0.2) is 21.3 Å². The van der Waals surface area contributed by atoms with Crippen molar-refractivity contribution in [1.82, 2.24) is 0 Å². The monoisotopic (exact) mass is 239 g/mol. The average Bonchev–Trinajstić information content (AvgIpc) is 2.55. The lowest BCUT2D eigenvalue weighted by Gasteiger charge is -2.10. The second-order valence-corrected chi connectivity index (χ2v) is 4.72. The molecule has 86 valence electrons. The van der Waals surface area contributed by atoms with E-state index in [-0.39, 0.29) is 11.0 Å². The van der Waals surface area contributed by atoms with Gasteiger partial charge in [-0.15, -0.1) is 0 Å². The first kappa shape index (κ1) is 11.2. The van der Waals surface area contributed by atoms with Crippen LogP contribution in [0.5, 0.6) is 5.75 Å². The standard InChI is InChI=1S/C11H13NO3S/c1-6(12)3-7-4-9-10(5-8(7)14-2)16-11(13)15-9/h4-6H,3,12H2,1-2H3. The molecule has 0 saturated carbocycles. The number of methoxy groups -OCH3 is 1. The molecule has 4 nitrogen and oxygen atoms in total. The smallest absolute Gasteiger partial charge is 0.396 e. The van der Waals surface area contributed by atoms with Crippen LogP contribution in [-0.4, -0.2) is 13.2 Å². The van der Waals surface area contributed by atoms with Gasteiger partial charge in [-0.3, -0.25) is 0 Å². The predicted octanol–water partition coefficient (Wildman–Crippen LogP) is 1.75. The Labute approximate surface area is 96.6 Å². The summed E-state index contributed by atoms with van der Waals surface area (Å²) in [5.74, 6) is 0.752. The van der Waals surface area contributed by atoms with Crippen molar-refractivity contribution in [1.29, 1.82) is 0 Å². The van der Waals surface area contributed by atoms with Gasteiger partial charge in [0.25, 0.3) is 0 Å². The van der Waals surface area contributed by atoms with E-state index in [1.807, 2.05) is 19.1 Å². The average molecular weight is 239 g/mol. The van der Waals surface area contributed by atoms with Gasteiger partial charge in [-0.05, 0) is 25.0 Å². The highest BCUT2D eigenvalue weighted by molar-refractivity contribution is 7.16. The van der Waals surface area contributed by atoms with Crippen LogP contribution in [0, 0.1) is 0 Å². The second-order valence-electron chi connectivity index (χ2n) is 3.75. The van der Waals surface area contributed by atoms with E-state index in [0.29, 0.717) is 12.0 Å². The summed E-state index contributed by atoms with van der Waals surface area (Å²) in [6, 6.07) is 3.69. The summed E-state index contributed by atoms with van der Waals surface area (Å²) in [6.45, 7) is 1.92. The fourth-order valence-electron chi connectivity index (χ4n) is 1.64. The van der Waals surface area contributed by atoms with Gasteiger partial charge in [0, 0.05) is 12.1 Å². The van der Waals surface area contributed by atoms with Crippen molar-refractivity contribution in [3.8, 4) is 5.75 Å². The Morgan fingerprint density at radius 3 is 2.94 bits per heavy atom. The van der Waals surface area contributed by atoms with E-state index >= 15 is 0 Å². The quantitative estimate of drug-likeness (QED) is 0.886. The molecule has 0 aliphatic carbocycles. The van der Waals surface area contributed by atoms with Gasteiger partial charge >= 0.3 is 4.94 Å². The molecule has 2 rings (SSSR count). The van der Waals surface area contributed by atoms with Crippen LogP contribution in [0.25, 0.3) is 10.3 Å². The molecule has 0 aliphatic rings. The van der Waals surface area contributed by atoms with Gasteiger partial charge in [0.15, 0.2) is 0 Å². The number of ether oxygens (including phenoxy) is 1. The van der Waals surface area contributed by atoms with Crippen LogP contribution in [-0.2, 0) is 6.42 Å². The Morgan fingerprint density at radius 1 is 1.56 bits per heavy atom. The van der Waals surface area contributed by atoms with Gasteiger partial charge in [0.1, 0.15) is 11.3 Å². The maximum Gasteiger partial charge on any atom is 0.396 e. The SMILES string of the molecule is COc1cc2sc(=O)oc2cc1CC(C)N. The molecular weight excluding hydrogens is 226 g/mol. The van der Waals surface area contributed by atoms with E-state index in [1.54, 1.807) is 7.11 Å². The molecule has 2 aromatic rings. The van der Waals surface area contributed by atoms with Gasteiger partial charge in [-0.1, -0.05) is 11.3 Å². The Balaban J connectivity index is 2.57. The lowest BCUT2D eigenvalue weighted by molar-refractivity contribution is 0.409. The molecule has 1 aromatic carbocycles. The van der Waals surface area contributed by atoms with Crippen LogP contribution in [0.4, 0.5) is 0 Å². The highest BCUT2D eigenvalue weighted by Gasteiger charge is 2.11. The van der Waals surface area contributed by atoms with Crippen LogP contribution >= 0.6 is 11.3 Å². The summed E-state index contributed by atoms with van der Waals surface area (Å²) in [6.07, 6.45) is 0.693. The summed E-state index contributed by atoms with van der Waals surface area (Å²) < 4.78 is 11.1. The van der Waals surface area contributed by atoms with Crippen molar-refractivity contribution in [3.63, 3.8) is 0 Å². The van der Waals surface area contributed by atoms with Crippen molar-refractivity contribution in [2.24, 2.45) is 5.73 Å². The van der Waals surface area contributed by atoms with E-state index in [9.17, 15) is 4.79 Å². The maximum absolute atomic E-state index is 11.1. The molecule has 0 fully saturated rings. The first-order chi connectivity index (χ1) is 7.60. The molecule has 0 spiro atoms. The molecule has 0 aliphatic heterocycles. The third-order valence-electron chi connectivity index (χ3n) is 2.28. The topological polar surface area (TPSA) is 65.5 Å². The van der Waals surface area contributed by atoms with E-state index < -0.39 is 0 Å². The summed E-state index contributed by atoms with van der Waals surface area (Å²) in [4.78, 5) is 10.8. The van der Waals surface area contributed by atoms with Crippen LogP contribution in [0.1, 0.15) is 12.5 Å². The Hall–Kier alpha value is -1.33. The minimum Gasteiger partial charge on any atom is -0.496 e. The maximum atomic E-state index is 11.1. The molecule has 0 saturated heterocycles. The number of fused-ring (bicyclic) bond motifs is 1. The van der Waals surface area contributed by atoms with Gasteiger partial charge in [-0.25, -0.2) is 4.79 Å². The van der Waals surface area contributed by atoms with Crippen LogP contribution < -0.4 is 15.4 Å². The third kappa shape index (κ3) is 2.10. The number of rotatable bonds is 3. The minimum absolute atomic E-state index is 0.0386. The Kier molecular flexibility index (Phi) is 2.98. The Bertz CT molecular complexity index is 556. The number of benzene rings is 1. The van der Waals surface area contributed by atoms with Crippen molar-refractivity contribution in [3.05, 3.63) is 27.4 Å². The first-order valence-electron chi connectivity index (χ1n) is 4.96. The summed E-state index contributed by atoms with van der Waals surface area (Å²) in [7, 11) is 1.61. The lowest BCUT2D eigenvalue weighted by Crippen LogP contribution is -2.18. The summed E-state index contributed by atoms with van der Waals surface area (Å²) in [5, 5.41) is 0. The zero-order valence-corrected chi connectivity index (χ0v) is 9.97. The van der Waals surface area contributed by atoms with E-state index in [0.717, 1.165) is 27.3 Å². The number of hydrogen-bond acceptors (Lipinski definition) is 5. The molecule has 2 N–H and O–H groups in total. The summed E-state index contributed by atoms with van der Waals surface area (Å²) >= 11 is 1.08. The van der Waals surface area contributed by atoms with Crippen molar-refractivity contribution in [2.75, 3.05) is 7.11 Å². The van der Waals surface area contributed by atoms with Crippen molar-refractivity contribution in [2.45, 2.75) is 19.4 Å². The minimum atomic E-state index is -0.296. The van der Waals surface area contributed by atoms with E-state index in [1.165, 1.54) is 0 Å². The largest absolute Gasteiger partial charge is 0.496 e. The molecule has 1 heterocycles. The second kappa shape index (κ2) is 4.27. The molecule has 0 amide bonds. The van der Waals surface area contributed by atoms with Crippen molar-refractivity contribution < 1.29 is 9.15 Å². The number of hydrogen-bond donors (Lipinski definition) is 1. The first-order valence-corrected chi connectivity index (χ1v) is 5.78. The highest BCUT2D eigenvalue weighted by Crippen LogP contribution is 2.28. The Morgan fingerprint density at radius 2 is 2.31 bits per heavy atom. The molecule has 0 bridgehead atoms. The fraction of sp³-hybridized carbons (Fsp3) is 0.364. The summed E-state index contributed by atoms with van der Waals surface area (Å²) in [5.41, 5.74) is 7.32. The van der Waals surface area contributed by atoms with Gasteiger partial charge in [0.2, 0.25) is 0 Å². The van der Waals surface area contributed by atoms with Crippen LogP contribution in [0.3, 0.4) is 0 Å². The van der Waals surface area contributed by atoms with Crippen LogP contribution in [0.2, 0.25) is 0 Å².